The van der Waals surface area contributed by atoms with E-state index < -0.39 is 9.52 Å². The van der Waals surface area contributed by atoms with Gasteiger partial charge in [0.05, 0.1) is 43.0 Å². The van der Waals surface area contributed by atoms with Gasteiger partial charge in [-0.05, 0) is 88.2 Å². The minimum atomic E-state index is -0.797. The molecule has 0 aliphatic carbocycles. The predicted octanol–water partition coefficient (Wildman–Crippen LogP) is 8.50. The number of fused-ring (bicyclic) bond motifs is 9. The number of hydrogen-bond donors (Lipinski definition) is 0. The van der Waals surface area contributed by atoms with Crippen molar-refractivity contribution < 1.29 is 0 Å². The van der Waals surface area contributed by atoms with Gasteiger partial charge in [-0.1, -0.05) is 91.0 Å². The standard InChI is InChI=1S/C45H29N5Si/c1-3-11-31(12-4-1)49-38-17-9-7-15-33(38)35-23-28(19-21-40(35)49)30-25-42-44(46-27-30)45-43(51-42)26-37(47-48-45)29-20-22-41-36(24-29)34-16-8-10-18-39(34)50(41)32-13-5-2-6-14-32/h1-27H,51H2. The van der Waals surface area contributed by atoms with Crippen molar-refractivity contribution in [2.45, 2.75) is 0 Å². The van der Waals surface area contributed by atoms with Crippen molar-refractivity contribution in [3.8, 4) is 45.1 Å². The Morgan fingerprint density at radius 3 is 1.57 bits per heavy atom. The molecule has 1 aliphatic heterocycles. The number of rotatable bonds is 4. The van der Waals surface area contributed by atoms with Gasteiger partial charge in [-0.25, -0.2) is 0 Å². The van der Waals surface area contributed by atoms with Gasteiger partial charge in [0.1, 0.15) is 5.69 Å². The van der Waals surface area contributed by atoms with E-state index in [2.05, 4.69) is 167 Å². The minimum absolute atomic E-state index is 0.797. The van der Waals surface area contributed by atoms with Gasteiger partial charge in [0.15, 0.2) is 0 Å². The molecule has 0 fully saturated rings. The van der Waals surface area contributed by atoms with Crippen LogP contribution in [0, 0.1) is 0 Å². The second-order valence-electron chi connectivity index (χ2n) is 13.4. The van der Waals surface area contributed by atoms with Crippen LogP contribution in [0.2, 0.25) is 0 Å². The summed E-state index contributed by atoms with van der Waals surface area (Å²) in [4.78, 5) is 5.01. The summed E-state index contributed by atoms with van der Waals surface area (Å²) >= 11 is 0. The van der Waals surface area contributed by atoms with Gasteiger partial charge < -0.3 is 9.13 Å². The van der Waals surface area contributed by atoms with Crippen molar-refractivity contribution in [3.63, 3.8) is 0 Å². The molecule has 238 valence electrons. The Labute approximate surface area is 295 Å². The molecule has 0 radical (unpaired) electrons. The number of benzene rings is 6. The Kier molecular flexibility index (Phi) is 6.05. The Bertz CT molecular complexity index is 2790. The maximum absolute atomic E-state index is 5.01. The average Bonchev–Trinajstić information content (AvgIpc) is 3.85. The number of pyridine rings is 1. The van der Waals surface area contributed by atoms with E-state index in [1.165, 1.54) is 65.2 Å². The fourth-order valence-electron chi connectivity index (χ4n) is 8.12. The van der Waals surface area contributed by atoms with E-state index in [1.807, 2.05) is 6.20 Å². The van der Waals surface area contributed by atoms with Crippen molar-refractivity contribution >= 4 is 63.5 Å². The van der Waals surface area contributed by atoms with E-state index in [4.69, 9.17) is 15.2 Å². The van der Waals surface area contributed by atoms with Crippen LogP contribution in [0.4, 0.5) is 0 Å². The Morgan fingerprint density at radius 2 is 0.922 bits per heavy atom. The summed E-state index contributed by atoms with van der Waals surface area (Å²) in [7, 11) is -0.797. The first kappa shape index (κ1) is 28.2. The van der Waals surface area contributed by atoms with E-state index in [-0.39, 0.29) is 0 Å². The molecule has 6 heteroatoms. The minimum Gasteiger partial charge on any atom is -0.309 e. The van der Waals surface area contributed by atoms with E-state index in [9.17, 15) is 0 Å². The second kappa shape index (κ2) is 10.9. The SMILES string of the molecule is c1ccc(-n2c3ccccc3c3cc(-c4cnc5c(c4)[SiH2]c4cc(-c6ccc7c(c6)c6ccccc6n7-c6ccccc6)nnc4-5)ccc32)cc1. The lowest BCUT2D eigenvalue weighted by atomic mass is 10.0. The van der Waals surface area contributed by atoms with Gasteiger partial charge in [0.2, 0.25) is 0 Å². The normalized spacial score (nSPS) is 12.7. The van der Waals surface area contributed by atoms with E-state index in [0.29, 0.717) is 0 Å². The molecule has 1 aliphatic rings. The monoisotopic (exact) mass is 667 g/mol. The van der Waals surface area contributed by atoms with Crippen LogP contribution >= 0.6 is 0 Å². The fourth-order valence-corrected chi connectivity index (χ4v) is 9.98. The average molecular weight is 668 g/mol. The van der Waals surface area contributed by atoms with Gasteiger partial charge in [0.25, 0.3) is 0 Å². The van der Waals surface area contributed by atoms with Crippen LogP contribution < -0.4 is 10.4 Å². The molecular formula is C45H29N5Si. The molecule has 0 saturated heterocycles. The number of hydrogen-bond acceptors (Lipinski definition) is 3. The molecule has 4 aromatic heterocycles. The Balaban J connectivity index is 0.959. The van der Waals surface area contributed by atoms with Crippen molar-refractivity contribution in [3.05, 3.63) is 164 Å². The first-order valence-electron chi connectivity index (χ1n) is 17.3. The highest BCUT2D eigenvalue weighted by molar-refractivity contribution is 6.73. The first-order valence-corrected chi connectivity index (χ1v) is 18.7. The Hall–Kier alpha value is -6.63. The molecule has 6 aromatic carbocycles. The third-order valence-corrected chi connectivity index (χ3v) is 12.3. The zero-order chi connectivity index (χ0) is 33.5. The van der Waals surface area contributed by atoms with Crippen LogP contribution in [0.1, 0.15) is 0 Å². The molecule has 11 rings (SSSR count). The molecule has 0 amide bonds. The third-order valence-electron chi connectivity index (χ3n) is 10.4. The van der Waals surface area contributed by atoms with E-state index in [1.54, 1.807) is 0 Å². The molecule has 5 nitrogen and oxygen atoms in total. The molecular weight excluding hydrogens is 639 g/mol. The molecule has 0 atom stereocenters. The summed E-state index contributed by atoms with van der Waals surface area (Å²) in [5.74, 6) is 0. The first-order chi connectivity index (χ1) is 25.3. The molecule has 0 spiro atoms. The number of nitrogens with zero attached hydrogens (tertiary/aromatic N) is 5. The maximum Gasteiger partial charge on any atom is 0.110 e. The zero-order valence-corrected chi connectivity index (χ0v) is 28.9. The van der Waals surface area contributed by atoms with Gasteiger partial charge in [-0.15, -0.1) is 10.2 Å². The lowest BCUT2D eigenvalue weighted by molar-refractivity contribution is 1.05. The Morgan fingerprint density at radius 1 is 0.392 bits per heavy atom. The summed E-state index contributed by atoms with van der Waals surface area (Å²) in [6.07, 6.45) is 2.01. The topological polar surface area (TPSA) is 48.5 Å². The largest absolute Gasteiger partial charge is 0.309 e. The predicted molar refractivity (Wildman–Crippen MR) is 213 cm³/mol. The van der Waals surface area contributed by atoms with Crippen molar-refractivity contribution in [1.82, 2.24) is 24.3 Å². The molecule has 10 aromatic rings. The quantitative estimate of drug-likeness (QED) is 0.177. The highest BCUT2D eigenvalue weighted by Crippen LogP contribution is 2.36. The van der Waals surface area contributed by atoms with Crippen LogP contribution in [0.5, 0.6) is 0 Å². The van der Waals surface area contributed by atoms with Crippen LogP contribution in [-0.2, 0) is 0 Å². The molecule has 51 heavy (non-hydrogen) atoms. The summed E-state index contributed by atoms with van der Waals surface area (Å²) < 4.78 is 4.70. The molecule has 0 N–H and O–H groups in total. The van der Waals surface area contributed by atoms with Gasteiger partial charge in [0, 0.05) is 44.7 Å². The van der Waals surface area contributed by atoms with Crippen LogP contribution in [0.3, 0.4) is 0 Å². The van der Waals surface area contributed by atoms with E-state index >= 15 is 0 Å². The lowest BCUT2D eigenvalue weighted by Gasteiger charge is -2.08. The summed E-state index contributed by atoms with van der Waals surface area (Å²) in [6, 6.07) is 56.6. The van der Waals surface area contributed by atoms with Crippen molar-refractivity contribution in [2.24, 2.45) is 0 Å². The smallest absolute Gasteiger partial charge is 0.110 e. The molecule has 0 bridgehead atoms. The molecule has 0 saturated carbocycles. The summed E-state index contributed by atoms with van der Waals surface area (Å²) in [6.45, 7) is 0. The summed E-state index contributed by atoms with van der Waals surface area (Å²) in [5.41, 5.74) is 13.3. The number of para-hydroxylation sites is 4. The second-order valence-corrected chi connectivity index (χ2v) is 15.2. The zero-order valence-electron chi connectivity index (χ0n) is 27.5. The van der Waals surface area contributed by atoms with Crippen molar-refractivity contribution in [1.29, 1.82) is 0 Å². The molecule has 5 heterocycles. The summed E-state index contributed by atoms with van der Waals surface area (Å²) in [5, 5.41) is 17.1. The van der Waals surface area contributed by atoms with Crippen LogP contribution in [0.15, 0.2) is 164 Å². The van der Waals surface area contributed by atoms with Crippen LogP contribution in [-0.4, -0.2) is 33.8 Å². The number of aromatic nitrogens is 5. The van der Waals surface area contributed by atoms with Gasteiger partial charge in [-0.3, -0.25) is 4.98 Å². The highest BCUT2D eigenvalue weighted by atomic mass is 28.2. The van der Waals surface area contributed by atoms with Crippen LogP contribution in [0.25, 0.3) is 88.8 Å². The van der Waals surface area contributed by atoms with Gasteiger partial charge in [-0.2, -0.15) is 0 Å². The third kappa shape index (κ3) is 4.30. The fraction of sp³-hybridized carbons (Fsp3) is 0. The van der Waals surface area contributed by atoms with Gasteiger partial charge >= 0.3 is 0 Å². The van der Waals surface area contributed by atoms with E-state index in [0.717, 1.165) is 33.9 Å². The lowest BCUT2D eigenvalue weighted by Crippen LogP contribution is -2.22. The molecule has 0 unspecified atom stereocenters. The van der Waals surface area contributed by atoms with Crippen molar-refractivity contribution in [2.75, 3.05) is 0 Å². The highest BCUT2D eigenvalue weighted by Gasteiger charge is 2.24. The maximum atomic E-state index is 5.01.